The summed E-state index contributed by atoms with van der Waals surface area (Å²) in [7, 11) is 0. The van der Waals surface area contributed by atoms with Gasteiger partial charge in [-0.1, -0.05) is 13.3 Å². The molecule has 1 aliphatic rings. The van der Waals surface area contributed by atoms with Crippen LogP contribution in [-0.4, -0.2) is 34.2 Å². The highest BCUT2D eigenvalue weighted by Crippen LogP contribution is 2.31. The molecule has 2 unspecified atom stereocenters. The van der Waals surface area contributed by atoms with Gasteiger partial charge in [-0.05, 0) is 26.2 Å². The number of hydrogen-bond acceptors (Lipinski definition) is 2. The molecule has 0 radical (unpaired) electrons. The van der Waals surface area contributed by atoms with Crippen LogP contribution in [0.2, 0.25) is 0 Å². The Balaban J connectivity index is 2.77. The van der Waals surface area contributed by atoms with Gasteiger partial charge in [0.2, 0.25) is 0 Å². The van der Waals surface area contributed by atoms with Crippen molar-refractivity contribution >= 4 is 6.09 Å². The number of nitrogens with zero attached hydrogens (tertiary/aromatic N) is 1. The molecule has 4 heteroatoms. The second-order valence-electron chi connectivity index (χ2n) is 4.43. The topological polar surface area (TPSA) is 66.6 Å². The Labute approximate surface area is 85.1 Å². The summed E-state index contributed by atoms with van der Waals surface area (Å²) in [6, 6.07) is 0.155. The Morgan fingerprint density at radius 2 is 2.36 bits per heavy atom. The Morgan fingerprint density at radius 3 is 2.86 bits per heavy atom. The molecule has 0 aromatic carbocycles. The molecule has 4 nitrogen and oxygen atoms in total. The molecular weight excluding hydrogens is 180 g/mol. The molecule has 14 heavy (non-hydrogen) atoms. The minimum Gasteiger partial charge on any atom is -0.465 e. The molecule has 82 valence electrons. The Hall–Kier alpha value is -0.770. The summed E-state index contributed by atoms with van der Waals surface area (Å²) in [4.78, 5) is 12.6. The van der Waals surface area contributed by atoms with Gasteiger partial charge in [0, 0.05) is 18.1 Å². The van der Waals surface area contributed by atoms with Crippen molar-refractivity contribution < 1.29 is 9.90 Å². The number of likely N-dealkylation sites (tertiary alicyclic amines) is 1. The third kappa shape index (κ3) is 2.18. The van der Waals surface area contributed by atoms with E-state index in [1.54, 1.807) is 4.90 Å². The molecule has 0 aromatic heterocycles. The second kappa shape index (κ2) is 4.17. The Kier molecular flexibility index (Phi) is 3.37. The number of carbonyl (C=O) groups is 1. The molecule has 0 saturated carbocycles. The van der Waals surface area contributed by atoms with Gasteiger partial charge in [0.25, 0.3) is 0 Å². The maximum Gasteiger partial charge on any atom is 0.407 e. The molecule has 1 aliphatic heterocycles. The maximum atomic E-state index is 11.0. The average Bonchev–Trinajstić information content (AvgIpc) is 2.02. The minimum absolute atomic E-state index is 0.155. The fourth-order valence-electron chi connectivity index (χ4n) is 2.44. The molecular formula is C10H20N2O2. The zero-order valence-corrected chi connectivity index (χ0v) is 8.99. The van der Waals surface area contributed by atoms with Gasteiger partial charge in [-0.15, -0.1) is 0 Å². The van der Waals surface area contributed by atoms with Crippen molar-refractivity contribution in [3.05, 3.63) is 0 Å². The lowest BCUT2D eigenvalue weighted by Crippen LogP contribution is -2.57. The van der Waals surface area contributed by atoms with Crippen molar-refractivity contribution in [3.63, 3.8) is 0 Å². The average molecular weight is 200 g/mol. The highest BCUT2D eigenvalue weighted by molar-refractivity contribution is 5.66. The summed E-state index contributed by atoms with van der Waals surface area (Å²) in [5.41, 5.74) is 5.63. The van der Waals surface area contributed by atoms with E-state index in [2.05, 4.69) is 6.92 Å². The number of piperidine rings is 1. The fourth-order valence-corrected chi connectivity index (χ4v) is 2.44. The molecule has 0 spiro atoms. The van der Waals surface area contributed by atoms with E-state index in [9.17, 15) is 4.79 Å². The first-order valence-electron chi connectivity index (χ1n) is 5.26. The zero-order chi connectivity index (χ0) is 10.8. The van der Waals surface area contributed by atoms with E-state index >= 15 is 0 Å². The number of rotatable bonds is 2. The predicted molar refractivity (Wildman–Crippen MR) is 55.3 cm³/mol. The van der Waals surface area contributed by atoms with E-state index in [0.717, 1.165) is 25.7 Å². The van der Waals surface area contributed by atoms with Crippen LogP contribution >= 0.6 is 0 Å². The van der Waals surface area contributed by atoms with Crippen molar-refractivity contribution in [2.75, 3.05) is 6.54 Å². The Bertz CT molecular complexity index is 220. The van der Waals surface area contributed by atoms with Crippen LogP contribution in [0, 0.1) is 0 Å². The van der Waals surface area contributed by atoms with Gasteiger partial charge >= 0.3 is 6.09 Å². The van der Waals surface area contributed by atoms with Gasteiger partial charge in [-0.3, -0.25) is 0 Å². The fraction of sp³-hybridized carbons (Fsp3) is 0.900. The molecule has 2 atom stereocenters. The number of hydrogen-bond donors (Lipinski definition) is 2. The van der Waals surface area contributed by atoms with E-state index in [4.69, 9.17) is 10.8 Å². The lowest BCUT2D eigenvalue weighted by molar-refractivity contribution is 0.0454. The van der Waals surface area contributed by atoms with Crippen LogP contribution in [0.4, 0.5) is 4.79 Å². The molecule has 1 saturated heterocycles. The minimum atomic E-state index is -0.812. The van der Waals surface area contributed by atoms with Crippen LogP contribution < -0.4 is 5.73 Å². The van der Waals surface area contributed by atoms with E-state index in [1.807, 2.05) is 6.92 Å². The van der Waals surface area contributed by atoms with Gasteiger partial charge in [0.1, 0.15) is 0 Å². The number of nitrogens with two attached hydrogens (primary N) is 1. The van der Waals surface area contributed by atoms with Gasteiger partial charge < -0.3 is 15.7 Å². The molecule has 1 fully saturated rings. The molecule has 0 aliphatic carbocycles. The summed E-state index contributed by atoms with van der Waals surface area (Å²) in [5, 5.41) is 9.07. The first-order chi connectivity index (χ1) is 6.49. The van der Waals surface area contributed by atoms with Gasteiger partial charge in [-0.25, -0.2) is 4.79 Å². The van der Waals surface area contributed by atoms with E-state index < -0.39 is 6.09 Å². The molecule has 3 N–H and O–H groups in total. The van der Waals surface area contributed by atoms with Gasteiger partial charge in [0.15, 0.2) is 0 Å². The first-order valence-corrected chi connectivity index (χ1v) is 5.26. The van der Waals surface area contributed by atoms with Gasteiger partial charge in [-0.2, -0.15) is 0 Å². The summed E-state index contributed by atoms with van der Waals surface area (Å²) in [6.45, 7) is 4.65. The van der Waals surface area contributed by atoms with Crippen LogP contribution in [-0.2, 0) is 0 Å². The van der Waals surface area contributed by atoms with Crippen LogP contribution in [0.25, 0.3) is 0 Å². The third-order valence-electron chi connectivity index (χ3n) is 3.10. The van der Waals surface area contributed by atoms with Crippen molar-refractivity contribution in [2.24, 2.45) is 5.73 Å². The predicted octanol–water partition coefficient (Wildman–Crippen LogP) is 1.65. The van der Waals surface area contributed by atoms with Crippen molar-refractivity contribution in [1.29, 1.82) is 0 Å². The second-order valence-corrected chi connectivity index (χ2v) is 4.43. The lowest BCUT2D eigenvalue weighted by Gasteiger charge is -2.45. The highest BCUT2D eigenvalue weighted by atomic mass is 16.4. The molecule has 1 amide bonds. The SMILES string of the molecule is CCCC1(C)CC(N)CCN1C(=O)O. The molecule has 0 bridgehead atoms. The van der Waals surface area contributed by atoms with E-state index in [0.29, 0.717) is 6.54 Å². The van der Waals surface area contributed by atoms with Crippen LogP contribution in [0.15, 0.2) is 0 Å². The Morgan fingerprint density at radius 1 is 1.71 bits per heavy atom. The molecule has 1 heterocycles. The largest absolute Gasteiger partial charge is 0.465 e. The number of amides is 1. The zero-order valence-electron chi connectivity index (χ0n) is 8.99. The highest BCUT2D eigenvalue weighted by Gasteiger charge is 2.39. The summed E-state index contributed by atoms with van der Waals surface area (Å²) < 4.78 is 0. The summed E-state index contributed by atoms with van der Waals surface area (Å²) in [5.74, 6) is 0. The first kappa shape index (κ1) is 11.3. The normalized spacial score (nSPS) is 33.1. The lowest BCUT2D eigenvalue weighted by atomic mass is 9.82. The van der Waals surface area contributed by atoms with Gasteiger partial charge in [0.05, 0.1) is 0 Å². The van der Waals surface area contributed by atoms with Crippen LogP contribution in [0.5, 0.6) is 0 Å². The molecule has 1 rings (SSSR count). The van der Waals surface area contributed by atoms with Crippen molar-refractivity contribution in [2.45, 2.75) is 51.1 Å². The number of carboxylic acid groups (broad SMARTS) is 1. The smallest absolute Gasteiger partial charge is 0.407 e. The maximum absolute atomic E-state index is 11.0. The van der Waals surface area contributed by atoms with Crippen molar-refractivity contribution in [3.8, 4) is 0 Å². The molecule has 0 aromatic rings. The summed E-state index contributed by atoms with van der Waals surface area (Å²) in [6.07, 6.45) is 2.64. The summed E-state index contributed by atoms with van der Waals surface area (Å²) >= 11 is 0. The standard InChI is InChI=1S/C10H20N2O2/c1-3-5-10(2)7-8(11)4-6-12(10)9(13)14/h8H,3-7,11H2,1-2H3,(H,13,14). The quantitative estimate of drug-likeness (QED) is 0.712. The van der Waals surface area contributed by atoms with Crippen LogP contribution in [0.3, 0.4) is 0 Å². The third-order valence-corrected chi connectivity index (χ3v) is 3.10. The van der Waals surface area contributed by atoms with E-state index in [1.165, 1.54) is 0 Å². The van der Waals surface area contributed by atoms with Crippen molar-refractivity contribution in [1.82, 2.24) is 4.90 Å². The monoisotopic (exact) mass is 200 g/mol. The van der Waals surface area contributed by atoms with Crippen LogP contribution in [0.1, 0.15) is 39.5 Å². The van der Waals surface area contributed by atoms with E-state index in [-0.39, 0.29) is 11.6 Å².